The Morgan fingerprint density at radius 3 is 2.44 bits per heavy atom. The van der Waals surface area contributed by atoms with E-state index in [1.54, 1.807) is 12.4 Å². The molecule has 2 aromatic heterocycles. The highest BCUT2D eigenvalue weighted by Gasteiger charge is 2.30. The Labute approximate surface area is 211 Å². The van der Waals surface area contributed by atoms with Gasteiger partial charge < -0.3 is 9.32 Å². The summed E-state index contributed by atoms with van der Waals surface area (Å²) in [5.41, 5.74) is 4.87. The Morgan fingerprint density at radius 2 is 1.69 bits per heavy atom. The zero-order valence-electron chi connectivity index (χ0n) is 20.6. The van der Waals surface area contributed by atoms with Gasteiger partial charge in [0.15, 0.2) is 5.76 Å². The number of nitroso groups, excluding NO2 is 1. The van der Waals surface area contributed by atoms with Crippen LogP contribution in [0.2, 0.25) is 0 Å². The molecule has 3 aliphatic rings. The largest absolute Gasteiger partial charge is 0.450 e. The average molecular weight is 485 g/mol. The Hall–Kier alpha value is -3.32. The lowest BCUT2D eigenvalue weighted by atomic mass is 9.94. The van der Waals surface area contributed by atoms with Gasteiger partial charge in [-0.15, -0.1) is 0 Å². The molecule has 7 nitrogen and oxygen atoms in total. The summed E-state index contributed by atoms with van der Waals surface area (Å²) in [5.74, 6) is 0.998. The van der Waals surface area contributed by atoms with Gasteiger partial charge in [-0.2, -0.15) is 4.91 Å². The van der Waals surface area contributed by atoms with Gasteiger partial charge in [0.25, 0.3) is 5.91 Å². The number of carbonyl (C=O) groups is 1. The molecule has 1 saturated heterocycles. The normalized spacial score (nSPS) is 20.9. The first-order chi connectivity index (χ1) is 17.7. The lowest BCUT2D eigenvalue weighted by Crippen LogP contribution is -2.52. The summed E-state index contributed by atoms with van der Waals surface area (Å²) < 4.78 is 6.32. The third-order valence-corrected chi connectivity index (χ3v) is 8.21. The van der Waals surface area contributed by atoms with Gasteiger partial charge in [0.1, 0.15) is 11.8 Å². The Balaban J connectivity index is 1.27. The second kappa shape index (κ2) is 9.97. The molecule has 0 bridgehead atoms. The van der Waals surface area contributed by atoms with Crippen LogP contribution in [0, 0.1) is 4.91 Å². The number of aryl methyl sites for hydroxylation is 1. The number of aromatic nitrogens is 1. The number of furan rings is 1. The monoisotopic (exact) mass is 484 g/mol. The smallest absolute Gasteiger partial charge is 0.289 e. The molecular formula is C29H32N4O3. The van der Waals surface area contributed by atoms with E-state index in [2.05, 4.69) is 21.1 Å². The zero-order chi connectivity index (χ0) is 24.5. The van der Waals surface area contributed by atoms with Crippen LogP contribution in [-0.4, -0.2) is 52.9 Å². The number of hydrogen-bond donors (Lipinski definition) is 0. The van der Waals surface area contributed by atoms with E-state index in [4.69, 9.17) is 4.42 Å². The lowest BCUT2D eigenvalue weighted by Gasteiger charge is -2.40. The van der Waals surface area contributed by atoms with Gasteiger partial charge >= 0.3 is 0 Å². The number of rotatable bonds is 5. The molecule has 2 fully saturated rings. The molecule has 1 saturated carbocycles. The highest BCUT2D eigenvalue weighted by molar-refractivity contribution is 5.95. The van der Waals surface area contributed by atoms with Crippen LogP contribution in [0.1, 0.15) is 66.2 Å². The molecule has 3 heterocycles. The molecule has 36 heavy (non-hydrogen) atoms. The average Bonchev–Trinajstić information content (AvgIpc) is 3.58. The van der Waals surface area contributed by atoms with E-state index in [9.17, 15) is 9.70 Å². The van der Waals surface area contributed by atoms with Crippen LogP contribution in [0.3, 0.4) is 0 Å². The molecule has 186 valence electrons. The van der Waals surface area contributed by atoms with Crippen molar-refractivity contribution in [3.05, 3.63) is 70.6 Å². The fourth-order valence-electron chi connectivity index (χ4n) is 6.19. The minimum Gasteiger partial charge on any atom is -0.450 e. The van der Waals surface area contributed by atoms with Crippen LogP contribution < -0.4 is 0 Å². The summed E-state index contributed by atoms with van der Waals surface area (Å²) in [6.45, 7) is 3.32. The van der Waals surface area contributed by atoms with Gasteiger partial charge in [-0.25, -0.2) is 0 Å². The topological polar surface area (TPSA) is 79.0 Å². The molecule has 2 aliphatic carbocycles. The van der Waals surface area contributed by atoms with Crippen molar-refractivity contribution in [1.29, 1.82) is 0 Å². The van der Waals surface area contributed by atoms with Crippen LogP contribution in [-0.2, 0) is 6.42 Å². The molecular weight excluding hydrogens is 452 g/mol. The maximum atomic E-state index is 13.5. The minimum atomic E-state index is -0.269. The third kappa shape index (κ3) is 4.37. The molecule has 1 amide bonds. The number of amides is 1. The van der Waals surface area contributed by atoms with Crippen molar-refractivity contribution in [3.63, 3.8) is 0 Å². The van der Waals surface area contributed by atoms with E-state index in [1.165, 1.54) is 32.1 Å². The Kier molecular flexibility index (Phi) is 6.40. The highest BCUT2D eigenvalue weighted by atomic mass is 16.4. The van der Waals surface area contributed by atoms with Crippen molar-refractivity contribution in [2.75, 3.05) is 26.2 Å². The lowest BCUT2D eigenvalue weighted by molar-refractivity contribution is 0.0498. The summed E-state index contributed by atoms with van der Waals surface area (Å²) in [4.78, 5) is 33.4. The maximum Gasteiger partial charge on any atom is 0.289 e. The highest BCUT2D eigenvalue weighted by Crippen LogP contribution is 2.40. The molecule has 1 atom stereocenters. The van der Waals surface area contributed by atoms with Crippen LogP contribution >= 0.6 is 0 Å². The number of benzene rings is 1. The molecule has 1 aliphatic heterocycles. The standard InChI is InChI=1S/C29H32N4O3/c34-29(33-16-14-32(15-17-33)23-4-2-1-3-5-23)27-19-25(20-10-12-30-13-11-20)28(36-27)22-6-8-24-21(18-22)7-9-26(24)31-35/h6,8,10-13,18-19,23,26H,1-5,7,9,14-17H2. The van der Waals surface area contributed by atoms with Crippen molar-refractivity contribution in [2.45, 2.75) is 57.0 Å². The number of piperazine rings is 1. The maximum absolute atomic E-state index is 13.5. The molecule has 1 aromatic carbocycles. The number of nitrogens with zero attached hydrogens (tertiary/aromatic N) is 4. The van der Waals surface area contributed by atoms with Gasteiger partial charge in [-0.3, -0.25) is 14.7 Å². The number of pyridine rings is 1. The summed E-state index contributed by atoms with van der Waals surface area (Å²) in [7, 11) is 0. The molecule has 7 heteroatoms. The fraction of sp³-hybridized carbons (Fsp3) is 0.448. The van der Waals surface area contributed by atoms with E-state index < -0.39 is 0 Å². The molecule has 3 aromatic rings. The van der Waals surface area contributed by atoms with E-state index in [0.29, 0.717) is 17.6 Å². The van der Waals surface area contributed by atoms with Crippen molar-refractivity contribution >= 4 is 5.91 Å². The number of carbonyl (C=O) groups excluding carboxylic acids is 1. The second-order valence-corrected chi connectivity index (χ2v) is 10.3. The Bertz CT molecular complexity index is 1240. The molecule has 6 rings (SSSR count). The van der Waals surface area contributed by atoms with Gasteiger partial charge in [0.05, 0.1) is 0 Å². The summed E-state index contributed by atoms with van der Waals surface area (Å²) in [5, 5.41) is 3.28. The van der Waals surface area contributed by atoms with Gasteiger partial charge in [0.2, 0.25) is 0 Å². The van der Waals surface area contributed by atoms with Crippen LogP contribution in [0.25, 0.3) is 22.5 Å². The van der Waals surface area contributed by atoms with Crippen LogP contribution in [0.15, 0.2) is 58.4 Å². The first kappa shape index (κ1) is 23.1. The summed E-state index contributed by atoms with van der Waals surface area (Å²) in [6, 6.07) is 12.2. The van der Waals surface area contributed by atoms with Gasteiger partial charge in [-0.1, -0.05) is 36.6 Å². The summed E-state index contributed by atoms with van der Waals surface area (Å²) >= 11 is 0. The van der Waals surface area contributed by atoms with Crippen molar-refractivity contribution < 1.29 is 9.21 Å². The fourth-order valence-corrected chi connectivity index (χ4v) is 6.19. The first-order valence-electron chi connectivity index (χ1n) is 13.2. The number of hydrogen-bond acceptors (Lipinski definition) is 6. The molecule has 1 unspecified atom stereocenters. The van der Waals surface area contributed by atoms with Gasteiger partial charge in [0, 0.05) is 55.7 Å². The zero-order valence-corrected chi connectivity index (χ0v) is 20.6. The predicted molar refractivity (Wildman–Crippen MR) is 139 cm³/mol. The first-order valence-corrected chi connectivity index (χ1v) is 13.2. The Morgan fingerprint density at radius 1 is 0.917 bits per heavy atom. The van der Waals surface area contributed by atoms with Crippen molar-refractivity contribution in [3.8, 4) is 22.5 Å². The van der Waals surface area contributed by atoms with Gasteiger partial charge in [-0.05, 0) is 66.6 Å². The summed E-state index contributed by atoms with van der Waals surface area (Å²) in [6.07, 6.45) is 11.6. The number of fused-ring (bicyclic) bond motifs is 1. The van der Waals surface area contributed by atoms with Crippen LogP contribution in [0.4, 0.5) is 0 Å². The van der Waals surface area contributed by atoms with E-state index in [0.717, 1.165) is 66.8 Å². The molecule has 0 N–H and O–H groups in total. The molecule has 0 radical (unpaired) electrons. The van der Waals surface area contributed by atoms with E-state index in [1.807, 2.05) is 35.2 Å². The van der Waals surface area contributed by atoms with Crippen molar-refractivity contribution in [1.82, 2.24) is 14.8 Å². The minimum absolute atomic E-state index is 0.0498. The van der Waals surface area contributed by atoms with E-state index >= 15 is 0 Å². The van der Waals surface area contributed by atoms with E-state index in [-0.39, 0.29) is 11.9 Å². The quantitative estimate of drug-likeness (QED) is 0.424. The third-order valence-electron chi connectivity index (χ3n) is 8.21. The molecule has 0 spiro atoms. The predicted octanol–water partition coefficient (Wildman–Crippen LogP) is 5.85. The second-order valence-electron chi connectivity index (χ2n) is 10.3. The van der Waals surface area contributed by atoms with Crippen molar-refractivity contribution in [2.24, 2.45) is 5.18 Å². The SMILES string of the molecule is O=NC1CCc2cc(-c3oc(C(=O)N4CCN(C5CCCCC5)CC4)cc3-c3ccncc3)ccc21. The van der Waals surface area contributed by atoms with Crippen LogP contribution in [0.5, 0.6) is 0 Å².